The first-order valence-electron chi connectivity index (χ1n) is 9.60. The molecule has 0 radical (unpaired) electrons. The van der Waals surface area contributed by atoms with Crippen molar-refractivity contribution in [1.29, 1.82) is 0 Å². The first-order valence-corrected chi connectivity index (χ1v) is 11.2. The Morgan fingerprint density at radius 1 is 1.15 bits per heavy atom. The van der Waals surface area contributed by atoms with Crippen LogP contribution in [0.2, 0.25) is 0 Å². The lowest BCUT2D eigenvalue weighted by atomic mass is 9.69. The van der Waals surface area contributed by atoms with E-state index in [-0.39, 0.29) is 23.1 Å². The molecule has 1 amide bonds. The number of hydrogen-bond donors (Lipinski definition) is 1. The van der Waals surface area contributed by atoms with Crippen LogP contribution < -0.4 is 9.62 Å². The maximum absolute atomic E-state index is 12.8. The highest BCUT2D eigenvalue weighted by Crippen LogP contribution is 2.38. The molecule has 2 aliphatic rings. The molecule has 1 N–H and O–H groups in total. The first kappa shape index (κ1) is 19.2. The fourth-order valence-corrected chi connectivity index (χ4v) is 5.88. The van der Waals surface area contributed by atoms with Gasteiger partial charge in [-0.15, -0.1) is 0 Å². The Hall–Kier alpha value is -1.56. The number of nitrogens with one attached hydrogen (secondary N) is 1. The zero-order valence-corrected chi connectivity index (χ0v) is 16.8. The summed E-state index contributed by atoms with van der Waals surface area (Å²) < 4.78 is 25.7. The molecule has 1 saturated carbocycles. The molecule has 2 unspecified atom stereocenters. The van der Waals surface area contributed by atoms with Gasteiger partial charge in [0, 0.05) is 18.2 Å². The molecule has 0 spiro atoms. The molecule has 1 heterocycles. The quantitative estimate of drug-likeness (QED) is 0.874. The molecule has 0 bridgehead atoms. The molecule has 1 aromatic rings. The molecule has 1 aliphatic heterocycles. The van der Waals surface area contributed by atoms with Crippen LogP contribution in [0.3, 0.4) is 0 Å². The van der Waals surface area contributed by atoms with Gasteiger partial charge in [0.25, 0.3) is 5.91 Å². The van der Waals surface area contributed by atoms with Crippen LogP contribution in [0.5, 0.6) is 0 Å². The van der Waals surface area contributed by atoms with Crippen molar-refractivity contribution in [3.05, 3.63) is 29.8 Å². The van der Waals surface area contributed by atoms with Crippen LogP contribution in [-0.4, -0.2) is 32.7 Å². The Morgan fingerprint density at radius 2 is 1.88 bits per heavy atom. The van der Waals surface area contributed by atoms with E-state index in [0.717, 1.165) is 19.3 Å². The van der Waals surface area contributed by atoms with Crippen molar-refractivity contribution in [2.45, 2.75) is 58.9 Å². The highest BCUT2D eigenvalue weighted by molar-refractivity contribution is 7.93. The van der Waals surface area contributed by atoms with Crippen LogP contribution in [0.4, 0.5) is 5.69 Å². The summed E-state index contributed by atoms with van der Waals surface area (Å²) in [4.78, 5) is 12.8. The average molecular weight is 379 g/mol. The van der Waals surface area contributed by atoms with Crippen molar-refractivity contribution in [2.24, 2.45) is 11.3 Å². The summed E-state index contributed by atoms with van der Waals surface area (Å²) in [5, 5.41) is 3.22. The molecular formula is C20H30N2O3S. The minimum Gasteiger partial charge on any atom is -0.349 e. The monoisotopic (exact) mass is 378 g/mol. The van der Waals surface area contributed by atoms with Crippen molar-refractivity contribution in [1.82, 2.24) is 5.32 Å². The van der Waals surface area contributed by atoms with E-state index in [1.807, 2.05) is 0 Å². The van der Waals surface area contributed by atoms with Gasteiger partial charge < -0.3 is 5.32 Å². The van der Waals surface area contributed by atoms with E-state index in [4.69, 9.17) is 0 Å². The highest BCUT2D eigenvalue weighted by atomic mass is 32.2. The van der Waals surface area contributed by atoms with Gasteiger partial charge in [0.15, 0.2) is 0 Å². The van der Waals surface area contributed by atoms with Gasteiger partial charge in [0.2, 0.25) is 10.0 Å². The molecule has 26 heavy (non-hydrogen) atoms. The number of amides is 1. The summed E-state index contributed by atoms with van der Waals surface area (Å²) in [5.74, 6) is 0.533. The Kier molecular flexibility index (Phi) is 5.33. The van der Waals surface area contributed by atoms with Crippen LogP contribution in [0.15, 0.2) is 24.3 Å². The number of nitrogens with zero attached hydrogens (tertiary/aromatic N) is 1. The highest BCUT2D eigenvalue weighted by Gasteiger charge is 2.35. The zero-order valence-electron chi connectivity index (χ0n) is 16.0. The Bertz CT molecular complexity index is 768. The van der Waals surface area contributed by atoms with E-state index in [9.17, 15) is 13.2 Å². The first-order chi connectivity index (χ1) is 12.2. The molecule has 2 atom stereocenters. The van der Waals surface area contributed by atoms with Crippen molar-refractivity contribution < 1.29 is 13.2 Å². The third-order valence-electron chi connectivity index (χ3n) is 5.69. The maximum atomic E-state index is 12.8. The molecule has 0 aromatic heterocycles. The molecule has 3 rings (SSSR count). The summed E-state index contributed by atoms with van der Waals surface area (Å²) in [6.45, 7) is 7.20. The number of anilines is 1. The SMILES string of the molecule is CC(C)(C)C1CCCCC1NC(=O)c1cccc(N2CCCS2(=O)=O)c1. The molecule has 5 nitrogen and oxygen atoms in total. The second kappa shape index (κ2) is 7.22. The van der Waals surface area contributed by atoms with Crippen LogP contribution >= 0.6 is 0 Å². The van der Waals surface area contributed by atoms with Gasteiger partial charge in [0.05, 0.1) is 11.4 Å². The van der Waals surface area contributed by atoms with Gasteiger partial charge in [-0.25, -0.2) is 8.42 Å². The van der Waals surface area contributed by atoms with E-state index in [0.29, 0.717) is 30.1 Å². The largest absolute Gasteiger partial charge is 0.349 e. The maximum Gasteiger partial charge on any atom is 0.251 e. The third-order valence-corrected chi connectivity index (χ3v) is 7.56. The van der Waals surface area contributed by atoms with Gasteiger partial charge in [0.1, 0.15) is 0 Å². The summed E-state index contributed by atoms with van der Waals surface area (Å²) in [5.41, 5.74) is 1.28. The second-order valence-electron chi connectivity index (χ2n) is 8.63. The van der Waals surface area contributed by atoms with E-state index >= 15 is 0 Å². The van der Waals surface area contributed by atoms with Gasteiger partial charge in [-0.3, -0.25) is 9.10 Å². The standard InChI is InChI=1S/C20H30N2O3S/c1-20(2,3)17-10-4-5-11-18(17)21-19(23)15-8-6-9-16(14-15)22-12-7-13-26(22,24)25/h6,8-9,14,17-18H,4-5,7,10-13H2,1-3H3,(H,21,23). The second-order valence-corrected chi connectivity index (χ2v) is 10.6. The topological polar surface area (TPSA) is 66.5 Å². The molecule has 144 valence electrons. The molecule has 2 fully saturated rings. The molecule has 1 aliphatic carbocycles. The summed E-state index contributed by atoms with van der Waals surface area (Å²) in [6, 6.07) is 7.16. The Morgan fingerprint density at radius 3 is 2.54 bits per heavy atom. The summed E-state index contributed by atoms with van der Waals surface area (Å²) >= 11 is 0. The van der Waals surface area contributed by atoms with E-state index in [2.05, 4.69) is 26.1 Å². The van der Waals surface area contributed by atoms with Crippen LogP contribution in [0, 0.1) is 11.3 Å². The van der Waals surface area contributed by atoms with Crippen LogP contribution in [0.1, 0.15) is 63.2 Å². The fraction of sp³-hybridized carbons (Fsp3) is 0.650. The van der Waals surface area contributed by atoms with E-state index in [1.54, 1.807) is 24.3 Å². The third kappa shape index (κ3) is 4.05. The van der Waals surface area contributed by atoms with Crippen LogP contribution in [-0.2, 0) is 10.0 Å². The predicted molar refractivity (Wildman–Crippen MR) is 105 cm³/mol. The van der Waals surface area contributed by atoms with E-state index in [1.165, 1.54) is 10.7 Å². The van der Waals surface area contributed by atoms with Crippen molar-refractivity contribution in [3.8, 4) is 0 Å². The lowest BCUT2D eigenvalue weighted by Crippen LogP contribution is -2.46. The van der Waals surface area contributed by atoms with Gasteiger partial charge in [-0.05, 0) is 48.8 Å². The van der Waals surface area contributed by atoms with Gasteiger partial charge >= 0.3 is 0 Å². The van der Waals surface area contributed by atoms with Crippen molar-refractivity contribution >= 4 is 21.6 Å². The van der Waals surface area contributed by atoms with Crippen LogP contribution in [0.25, 0.3) is 0 Å². The number of hydrogen-bond acceptors (Lipinski definition) is 3. The Labute approximate surface area is 157 Å². The average Bonchev–Trinajstić information content (AvgIpc) is 2.94. The Balaban J connectivity index is 1.77. The normalized spacial score (nSPS) is 25.9. The molecule has 6 heteroatoms. The minimum absolute atomic E-state index is 0.107. The number of rotatable bonds is 3. The summed E-state index contributed by atoms with van der Waals surface area (Å²) in [7, 11) is -3.24. The van der Waals surface area contributed by atoms with E-state index < -0.39 is 10.0 Å². The lowest BCUT2D eigenvalue weighted by molar-refractivity contribution is 0.0830. The number of carbonyl (C=O) groups is 1. The minimum atomic E-state index is -3.24. The predicted octanol–water partition coefficient (Wildman–Crippen LogP) is 3.56. The number of sulfonamides is 1. The molecular weight excluding hydrogens is 348 g/mol. The molecule has 1 aromatic carbocycles. The van der Waals surface area contributed by atoms with Gasteiger partial charge in [-0.2, -0.15) is 0 Å². The van der Waals surface area contributed by atoms with Crippen molar-refractivity contribution in [3.63, 3.8) is 0 Å². The fourth-order valence-electron chi connectivity index (χ4n) is 4.32. The summed E-state index contributed by atoms with van der Waals surface area (Å²) in [6.07, 6.45) is 5.14. The number of benzene rings is 1. The van der Waals surface area contributed by atoms with Crippen molar-refractivity contribution in [2.75, 3.05) is 16.6 Å². The molecule has 1 saturated heterocycles. The lowest BCUT2D eigenvalue weighted by Gasteiger charge is -2.40. The smallest absolute Gasteiger partial charge is 0.251 e. The number of carbonyl (C=O) groups excluding carboxylic acids is 1. The van der Waals surface area contributed by atoms with Gasteiger partial charge in [-0.1, -0.05) is 39.7 Å². The zero-order chi connectivity index (χ0) is 18.9.